The number of nitrogens with one attached hydrogen (secondary N) is 1. The van der Waals surface area contributed by atoms with Crippen molar-refractivity contribution in [1.29, 1.82) is 0 Å². The predicted octanol–water partition coefficient (Wildman–Crippen LogP) is 3.13. The molecule has 0 aromatic rings. The van der Waals surface area contributed by atoms with Gasteiger partial charge in [-0.2, -0.15) is 0 Å². The maximum atomic E-state index is 3.57. The average Bonchev–Trinajstić information content (AvgIpc) is 2.26. The normalized spacial score (nSPS) is 28.2. The van der Waals surface area contributed by atoms with Crippen LogP contribution in [0.25, 0.3) is 0 Å². The van der Waals surface area contributed by atoms with Crippen molar-refractivity contribution in [3.05, 3.63) is 0 Å². The van der Waals surface area contributed by atoms with Gasteiger partial charge in [-0.25, -0.2) is 0 Å². The molecule has 3 atom stereocenters. The van der Waals surface area contributed by atoms with Crippen LogP contribution < -0.4 is 5.32 Å². The van der Waals surface area contributed by atoms with E-state index in [2.05, 4.69) is 37.9 Å². The fraction of sp³-hybridized carbons (Fsp3) is 1.00. The Morgan fingerprint density at radius 1 is 1.18 bits per heavy atom. The van der Waals surface area contributed by atoms with Crippen LogP contribution in [0, 0.1) is 11.8 Å². The number of nitrogens with zero attached hydrogens (tertiary/aromatic N) is 1. The molecule has 1 N–H and O–H groups in total. The monoisotopic (exact) mass is 240 g/mol. The number of hydrogen-bond donors (Lipinski definition) is 1. The lowest BCUT2D eigenvalue weighted by atomic mass is 9.91. The van der Waals surface area contributed by atoms with Gasteiger partial charge in [0.05, 0.1) is 0 Å². The number of hydrogen-bond acceptors (Lipinski definition) is 2. The number of piperidine rings is 1. The molecular weight excluding hydrogens is 208 g/mol. The summed E-state index contributed by atoms with van der Waals surface area (Å²) >= 11 is 0. The van der Waals surface area contributed by atoms with Crippen LogP contribution in [-0.4, -0.2) is 37.1 Å². The molecule has 102 valence electrons. The van der Waals surface area contributed by atoms with Crippen molar-refractivity contribution in [2.75, 3.05) is 26.2 Å². The third kappa shape index (κ3) is 5.87. The van der Waals surface area contributed by atoms with E-state index in [-0.39, 0.29) is 0 Å². The van der Waals surface area contributed by atoms with Gasteiger partial charge >= 0.3 is 0 Å². The minimum atomic E-state index is 0.736. The molecule has 1 heterocycles. The zero-order valence-corrected chi connectivity index (χ0v) is 12.3. The summed E-state index contributed by atoms with van der Waals surface area (Å²) in [5.41, 5.74) is 0. The molecule has 0 aliphatic carbocycles. The van der Waals surface area contributed by atoms with Gasteiger partial charge in [-0.15, -0.1) is 0 Å². The van der Waals surface area contributed by atoms with Gasteiger partial charge in [-0.05, 0) is 50.6 Å². The van der Waals surface area contributed by atoms with E-state index in [9.17, 15) is 0 Å². The van der Waals surface area contributed by atoms with Crippen LogP contribution >= 0.6 is 0 Å². The molecule has 1 saturated heterocycles. The second kappa shape index (κ2) is 8.10. The third-order valence-electron chi connectivity index (χ3n) is 3.96. The minimum absolute atomic E-state index is 0.736. The molecule has 17 heavy (non-hydrogen) atoms. The van der Waals surface area contributed by atoms with Gasteiger partial charge in [-0.1, -0.05) is 27.7 Å². The summed E-state index contributed by atoms with van der Waals surface area (Å²) in [6.07, 6.45) is 5.38. The van der Waals surface area contributed by atoms with E-state index < -0.39 is 0 Å². The van der Waals surface area contributed by atoms with E-state index in [0.29, 0.717) is 0 Å². The summed E-state index contributed by atoms with van der Waals surface area (Å²) < 4.78 is 0. The van der Waals surface area contributed by atoms with Crippen molar-refractivity contribution >= 4 is 0 Å². The molecule has 0 saturated carbocycles. The second-order valence-electron chi connectivity index (χ2n) is 6.01. The van der Waals surface area contributed by atoms with E-state index in [1.807, 2.05) is 0 Å². The van der Waals surface area contributed by atoms with Gasteiger partial charge in [0.15, 0.2) is 0 Å². The van der Waals surface area contributed by atoms with Gasteiger partial charge in [-0.3, -0.25) is 0 Å². The summed E-state index contributed by atoms with van der Waals surface area (Å²) in [5.74, 6) is 1.80. The highest BCUT2D eigenvalue weighted by Crippen LogP contribution is 2.21. The smallest absolute Gasteiger partial charge is 0.00647 e. The van der Waals surface area contributed by atoms with Crippen LogP contribution in [0.3, 0.4) is 0 Å². The Balaban J connectivity index is 2.16. The van der Waals surface area contributed by atoms with Gasteiger partial charge in [0.25, 0.3) is 0 Å². The first kappa shape index (κ1) is 15.0. The lowest BCUT2D eigenvalue weighted by Crippen LogP contribution is -2.39. The van der Waals surface area contributed by atoms with Gasteiger partial charge in [0, 0.05) is 19.1 Å². The summed E-state index contributed by atoms with van der Waals surface area (Å²) in [5, 5.41) is 3.57. The summed E-state index contributed by atoms with van der Waals surface area (Å²) in [7, 11) is 0. The molecule has 0 aromatic heterocycles. The number of rotatable bonds is 7. The van der Waals surface area contributed by atoms with Crippen LogP contribution in [0.2, 0.25) is 0 Å². The summed E-state index contributed by atoms with van der Waals surface area (Å²) in [6.45, 7) is 14.3. The van der Waals surface area contributed by atoms with Crippen molar-refractivity contribution < 1.29 is 0 Å². The molecule has 0 radical (unpaired) electrons. The fourth-order valence-corrected chi connectivity index (χ4v) is 3.28. The molecule has 1 aliphatic heterocycles. The highest BCUT2D eigenvalue weighted by Gasteiger charge is 2.21. The van der Waals surface area contributed by atoms with Gasteiger partial charge < -0.3 is 10.2 Å². The lowest BCUT2D eigenvalue weighted by molar-refractivity contribution is 0.137. The van der Waals surface area contributed by atoms with Crippen LogP contribution in [-0.2, 0) is 0 Å². The first-order chi connectivity index (χ1) is 8.15. The molecular formula is C15H32N2. The van der Waals surface area contributed by atoms with E-state index in [4.69, 9.17) is 0 Å². The first-order valence-corrected chi connectivity index (χ1v) is 7.61. The molecule has 0 amide bonds. The molecule has 0 bridgehead atoms. The fourth-order valence-electron chi connectivity index (χ4n) is 3.28. The highest BCUT2D eigenvalue weighted by molar-refractivity contribution is 4.75. The van der Waals surface area contributed by atoms with Crippen molar-refractivity contribution in [3.63, 3.8) is 0 Å². The van der Waals surface area contributed by atoms with E-state index in [1.54, 1.807) is 0 Å². The van der Waals surface area contributed by atoms with Crippen molar-refractivity contribution in [3.8, 4) is 0 Å². The van der Waals surface area contributed by atoms with Crippen LogP contribution in [0.1, 0.15) is 53.4 Å². The SMILES string of the molecule is CCNC(CC)CCCN1CC(C)CC(C)C1. The topological polar surface area (TPSA) is 15.3 Å². The van der Waals surface area contributed by atoms with E-state index >= 15 is 0 Å². The lowest BCUT2D eigenvalue weighted by Gasteiger charge is -2.35. The van der Waals surface area contributed by atoms with Gasteiger partial charge in [0.1, 0.15) is 0 Å². The average molecular weight is 240 g/mol. The van der Waals surface area contributed by atoms with Gasteiger partial charge in [0.2, 0.25) is 0 Å². The van der Waals surface area contributed by atoms with Crippen molar-refractivity contribution in [1.82, 2.24) is 10.2 Å². The zero-order valence-electron chi connectivity index (χ0n) is 12.3. The first-order valence-electron chi connectivity index (χ1n) is 7.61. The van der Waals surface area contributed by atoms with Crippen molar-refractivity contribution in [2.45, 2.75) is 59.4 Å². The van der Waals surface area contributed by atoms with E-state index in [1.165, 1.54) is 45.3 Å². The minimum Gasteiger partial charge on any atom is -0.314 e. The molecule has 0 spiro atoms. The Bertz CT molecular complexity index is 183. The Morgan fingerprint density at radius 2 is 1.82 bits per heavy atom. The Kier molecular flexibility index (Phi) is 7.14. The Hall–Kier alpha value is -0.0800. The summed E-state index contributed by atoms with van der Waals surface area (Å²) in [4.78, 5) is 2.68. The quantitative estimate of drug-likeness (QED) is 0.735. The van der Waals surface area contributed by atoms with Crippen LogP contribution in [0.4, 0.5) is 0 Å². The van der Waals surface area contributed by atoms with Crippen LogP contribution in [0.15, 0.2) is 0 Å². The molecule has 1 rings (SSSR count). The Morgan fingerprint density at radius 3 is 2.35 bits per heavy atom. The third-order valence-corrected chi connectivity index (χ3v) is 3.96. The molecule has 1 fully saturated rings. The molecule has 0 aromatic carbocycles. The standard InChI is InChI=1S/C15H32N2/c1-5-15(16-6-2)8-7-9-17-11-13(3)10-14(4)12-17/h13-16H,5-12H2,1-4H3. The zero-order chi connectivity index (χ0) is 12.7. The molecule has 2 heteroatoms. The predicted molar refractivity (Wildman–Crippen MR) is 76.4 cm³/mol. The molecule has 3 unspecified atom stereocenters. The van der Waals surface area contributed by atoms with Crippen molar-refractivity contribution in [2.24, 2.45) is 11.8 Å². The maximum absolute atomic E-state index is 3.57. The molecule has 1 aliphatic rings. The highest BCUT2D eigenvalue weighted by atomic mass is 15.1. The van der Waals surface area contributed by atoms with E-state index in [0.717, 1.165) is 24.4 Å². The largest absolute Gasteiger partial charge is 0.314 e. The Labute approximate surface area is 108 Å². The second-order valence-corrected chi connectivity index (χ2v) is 6.01. The summed E-state index contributed by atoms with van der Waals surface area (Å²) in [6, 6.07) is 0.736. The number of likely N-dealkylation sites (tertiary alicyclic amines) is 1. The maximum Gasteiger partial charge on any atom is 0.00647 e. The van der Waals surface area contributed by atoms with Crippen LogP contribution in [0.5, 0.6) is 0 Å². The molecule has 2 nitrogen and oxygen atoms in total.